The van der Waals surface area contributed by atoms with Crippen molar-refractivity contribution in [1.29, 1.82) is 0 Å². The van der Waals surface area contributed by atoms with Gasteiger partial charge in [-0.05, 0) is 40.2 Å². The molecule has 0 saturated carbocycles. The van der Waals surface area contributed by atoms with Gasteiger partial charge in [0.2, 0.25) is 12.3 Å². The number of hydrogen-bond acceptors (Lipinski definition) is 3. The van der Waals surface area contributed by atoms with E-state index in [1.165, 1.54) is 0 Å². The number of nitrogens with zero attached hydrogens (tertiary/aromatic N) is 2. The Labute approximate surface area is 412 Å². The Bertz CT molecular complexity index is 2570. The van der Waals surface area contributed by atoms with Crippen LogP contribution in [0.2, 0.25) is 0 Å². The Hall–Kier alpha value is -6.49. The monoisotopic (exact) mass is 1170 g/mol. The highest BCUT2D eigenvalue weighted by Gasteiger charge is 2.47. The third-order valence-electron chi connectivity index (χ3n) is 10.9. The summed E-state index contributed by atoms with van der Waals surface area (Å²) in [5.74, 6) is 0.588. The van der Waals surface area contributed by atoms with Crippen LogP contribution in [0.5, 0.6) is 5.88 Å². The van der Waals surface area contributed by atoms with Crippen molar-refractivity contribution < 1.29 is 119 Å². The van der Waals surface area contributed by atoms with Gasteiger partial charge < -0.3 is 4.74 Å². The maximum atomic E-state index is 14.2. The third-order valence-corrected chi connectivity index (χ3v) is 11.1. The molecule has 404 valence electrons. The van der Waals surface area contributed by atoms with Crippen molar-refractivity contribution in [3.8, 4) is 5.88 Å². The normalized spacial score (nSPS) is 13.3. The molecule has 75 heavy (non-hydrogen) atoms. The fraction of sp³-hybridized carbons (Fsp3) is 0.222. The first-order valence-corrected chi connectivity index (χ1v) is 21.2. The number of halogens is 25. The number of alkyl halides is 25. The summed E-state index contributed by atoms with van der Waals surface area (Å²) in [7, 11) is 0. The van der Waals surface area contributed by atoms with Gasteiger partial charge in [-0.3, -0.25) is 4.79 Å². The number of ether oxygens (including phenoxy) is 1. The Balaban J connectivity index is 0.000000483. The number of rotatable bonds is 9. The summed E-state index contributed by atoms with van der Waals surface area (Å²) in [5.41, 5.74) is -29.2. The molecule has 0 unspecified atom stereocenters. The predicted molar refractivity (Wildman–Crippen MR) is 220 cm³/mol. The lowest BCUT2D eigenvalue weighted by Crippen LogP contribution is -2.75. The van der Waals surface area contributed by atoms with Gasteiger partial charge in [0.1, 0.15) is 17.9 Å². The Morgan fingerprint density at radius 1 is 0.440 bits per heavy atom. The molecule has 1 heterocycles. The molecule has 1 aromatic heterocycles. The molecule has 6 rings (SSSR count). The molecule has 0 fully saturated rings. The van der Waals surface area contributed by atoms with Gasteiger partial charge >= 0.3 is 55.3 Å². The van der Waals surface area contributed by atoms with Crippen molar-refractivity contribution in [3.63, 3.8) is 0 Å². The lowest BCUT2D eigenvalue weighted by molar-refractivity contribution is -0.688. The molecule has 4 nitrogen and oxygen atoms in total. The van der Waals surface area contributed by atoms with Crippen molar-refractivity contribution in [2.45, 2.75) is 56.0 Å². The zero-order chi connectivity index (χ0) is 56.7. The summed E-state index contributed by atoms with van der Waals surface area (Å²) in [5, 5.41) is 0. The van der Waals surface area contributed by atoms with Crippen LogP contribution in [0.15, 0.2) is 122 Å². The van der Waals surface area contributed by atoms with Crippen molar-refractivity contribution in [2.75, 3.05) is 5.52 Å². The molecule has 0 aliphatic rings. The molecule has 0 spiro atoms. The highest BCUT2D eigenvalue weighted by molar-refractivity contribution is 9.09. The van der Waals surface area contributed by atoms with E-state index in [0.717, 1.165) is 0 Å². The van der Waals surface area contributed by atoms with E-state index >= 15 is 0 Å². The minimum absolute atomic E-state index is 0.0335. The average Bonchev–Trinajstić information content (AvgIpc) is 3.28. The maximum absolute atomic E-state index is 14.2. The minimum Gasteiger partial charge on any atom is -0.432 e. The first-order valence-electron chi connectivity index (χ1n) is 20.0. The van der Waals surface area contributed by atoms with Crippen molar-refractivity contribution in [2.24, 2.45) is 0 Å². The lowest BCUT2D eigenvalue weighted by Gasteiger charge is -2.46. The van der Waals surface area contributed by atoms with Crippen molar-refractivity contribution in [3.05, 3.63) is 172 Å². The predicted octanol–water partition coefficient (Wildman–Crippen LogP) is 13.2. The summed E-state index contributed by atoms with van der Waals surface area (Å²) in [6, 6.07) is 0.371. The first kappa shape index (κ1) is 59.4. The van der Waals surface area contributed by atoms with E-state index in [1.807, 2.05) is 18.2 Å². The van der Waals surface area contributed by atoms with E-state index < -0.39 is 195 Å². The number of hydrogen-bond donors (Lipinski definition) is 0. The fourth-order valence-corrected chi connectivity index (χ4v) is 7.86. The molecular weight excluding hydrogens is 1150 g/mol. The van der Waals surface area contributed by atoms with Crippen molar-refractivity contribution >= 4 is 49.7 Å². The first-order chi connectivity index (χ1) is 34.1. The SMILES string of the molecule is FC(F)(F)c1cc([B-](c2cc(C(F)(F)F)cc(C(F)(F)F)c2)(c2cc(C(F)(F)F)cc(C(F)(F)F)c2)c2cc(C(F)(F)F)cc(C(F)(F)F)c2)cc(C(F)(F)F)c1.O=C(C[n+]1ccncc1OCBr)c1ccccc1. The zero-order valence-corrected chi connectivity index (χ0v) is 37.8. The molecule has 30 heteroatoms. The van der Waals surface area contributed by atoms with Crippen molar-refractivity contribution in [1.82, 2.24) is 4.98 Å². The van der Waals surface area contributed by atoms with Gasteiger partial charge in [0.15, 0.2) is 6.20 Å². The van der Waals surface area contributed by atoms with Crippen LogP contribution >= 0.6 is 15.9 Å². The Kier molecular flexibility index (Phi) is 16.6. The fourth-order valence-electron chi connectivity index (χ4n) is 7.62. The van der Waals surface area contributed by atoms with Crippen LogP contribution in [0.1, 0.15) is 54.9 Å². The van der Waals surface area contributed by atoms with Crippen LogP contribution in [0.3, 0.4) is 0 Å². The summed E-state index contributed by atoms with van der Waals surface area (Å²) in [4.78, 5) is 16.0. The highest BCUT2D eigenvalue weighted by atomic mass is 79.9. The number of carbonyl (C=O) groups is 1. The quantitative estimate of drug-likeness (QED) is 0.0476. The minimum atomic E-state index is -6.13. The van der Waals surface area contributed by atoms with E-state index in [2.05, 4.69) is 20.9 Å². The summed E-state index contributed by atoms with van der Waals surface area (Å²) in [6.45, 7) is 0.231. The Morgan fingerprint density at radius 2 is 0.707 bits per heavy atom. The Morgan fingerprint density at radius 3 is 0.947 bits per heavy atom. The van der Waals surface area contributed by atoms with Crippen LogP contribution in [-0.2, 0) is 56.0 Å². The summed E-state index contributed by atoms with van der Waals surface area (Å²) in [6.07, 6.45) is -49.9. The molecule has 5 aromatic carbocycles. The van der Waals surface area contributed by atoms with E-state index in [1.54, 1.807) is 35.3 Å². The van der Waals surface area contributed by atoms with Gasteiger partial charge in [-0.25, -0.2) is 4.98 Å². The van der Waals surface area contributed by atoms with Gasteiger partial charge in [-0.1, -0.05) is 78.9 Å². The molecule has 0 aliphatic heterocycles. The van der Waals surface area contributed by atoms with E-state index in [4.69, 9.17) is 4.74 Å². The van der Waals surface area contributed by atoms with Crippen LogP contribution in [-0.4, -0.2) is 22.4 Å². The van der Waals surface area contributed by atoms with E-state index in [-0.39, 0.29) is 12.3 Å². The summed E-state index contributed by atoms with van der Waals surface area (Å²) >= 11 is 3.18. The molecule has 6 aromatic rings. The molecule has 0 atom stereocenters. The van der Waals surface area contributed by atoms with Crippen LogP contribution in [0.4, 0.5) is 105 Å². The van der Waals surface area contributed by atoms with Gasteiger partial charge in [-0.2, -0.15) is 132 Å². The number of benzene rings is 5. The zero-order valence-electron chi connectivity index (χ0n) is 36.2. The number of carbonyl (C=O) groups excluding carboxylic acids is 1. The number of aromatic nitrogens is 2. The highest BCUT2D eigenvalue weighted by Crippen LogP contribution is 2.41. The van der Waals surface area contributed by atoms with Gasteiger partial charge in [0, 0.05) is 5.56 Å². The second-order valence-electron chi connectivity index (χ2n) is 15.8. The molecule has 0 aliphatic carbocycles. The second-order valence-corrected chi connectivity index (χ2v) is 16.3. The van der Waals surface area contributed by atoms with Crippen LogP contribution in [0.25, 0.3) is 0 Å². The molecule has 0 bridgehead atoms. The smallest absolute Gasteiger partial charge is 0.416 e. The molecule has 0 saturated heterocycles. The standard InChI is InChI=1S/C32H12BF24.C13H12BrN2O2/c34-25(35,36)13-1-14(26(37,38)39)6-21(5-13)33(22-7-15(27(40,41)42)2-16(8-22)28(43,44)45,23-9-17(29(46,47)48)3-18(10-23)30(49,50)51)24-11-19(31(52,53)54)4-20(12-24)32(55,56)57;14-10-18-13-8-15-6-7-16(13)9-12(17)11-4-2-1-3-5-11/h1-12H;1-8H,9-10H2/q-1;+1. The van der Waals surface area contributed by atoms with E-state index in [9.17, 15) is 110 Å². The lowest BCUT2D eigenvalue weighted by atomic mass is 9.12. The topological polar surface area (TPSA) is 43.1 Å². The third kappa shape index (κ3) is 14.1. The van der Waals surface area contributed by atoms with Gasteiger partial charge in [0.25, 0.3) is 0 Å². The van der Waals surface area contributed by atoms with Gasteiger partial charge in [-0.15, -0.1) is 0 Å². The van der Waals surface area contributed by atoms with E-state index in [0.29, 0.717) is 17.0 Å². The van der Waals surface area contributed by atoms with Crippen LogP contribution in [0, 0.1) is 0 Å². The largest absolute Gasteiger partial charge is 0.432 e. The average molecular weight is 1170 g/mol. The number of Topliss-reactive ketones (excluding diaryl/α,β-unsaturated/α-hetero) is 1. The molecule has 0 N–H and O–H groups in total. The summed E-state index contributed by atoms with van der Waals surface area (Å²) < 4.78 is 348. The number of ketones is 1. The molecule has 0 radical (unpaired) electrons. The second kappa shape index (κ2) is 20.9. The maximum Gasteiger partial charge on any atom is 0.416 e. The van der Waals surface area contributed by atoms with Crippen LogP contribution < -0.4 is 31.2 Å². The van der Waals surface area contributed by atoms with Gasteiger partial charge in [0.05, 0.1) is 50.7 Å². The molecule has 0 amide bonds. The molecular formula is C45H24BBrF24N2O2.